The molecule has 1 amide bonds. The van der Waals surface area contributed by atoms with Gasteiger partial charge in [-0.3, -0.25) is 4.79 Å². The van der Waals surface area contributed by atoms with Gasteiger partial charge in [0, 0.05) is 6.54 Å². The molecule has 0 aliphatic heterocycles. The summed E-state index contributed by atoms with van der Waals surface area (Å²) < 4.78 is 4.93. The second-order valence-corrected chi connectivity index (χ2v) is 4.51. The summed E-state index contributed by atoms with van der Waals surface area (Å²) in [6.45, 7) is 2.68. The van der Waals surface area contributed by atoms with Gasteiger partial charge in [-0.25, -0.2) is 4.79 Å². The molecular formula is C15H21NO4. The zero-order valence-electron chi connectivity index (χ0n) is 11.7. The highest BCUT2D eigenvalue weighted by Crippen LogP contribution is 2.19. The Morgan fingerprint density at radius 1 is 1.30 bits per heavy atom. The third-order valence-electron chi connectivity index (χ3n) is 2.93. The standard InChI is InChI=1S/C15H21NO4/c1-2-3-11-20-15(19)16-10-9-13(14(17)18)12-7-5-4-6-8-12/h4-8,13H,2-3,9-11H2,1H3,(H,16,19)(H,17,18). The van der Waals surface area contributed by atoms with Crippen molar-refractivity contribution in [2.45, 2.75) is 32.1 Å². The first-order chi connectivity index (χ1) is 9.65. The summed E-state index contributed by atoms with van der Waals surface area (Å²) in [5.41, 5.74) is 0.737. The van der Waals surface area contributed by atoms with E-state index in [1.165, 1.54) is 0 Å². The SMILES string of the molecule is CCCCOC(=O)NCCC(C(=O)O)c1ccccc1. The molecule has 1 aromatic carbocycles. The van der Waals surface area contributed by atoms with E-state index in [1.807, 2.05) is 13.0 Å². The molecule has 0 fully saturated rings. The first-order valence-electron chi connectivity index (χ1n) is 6.83. The number of hydrogen-bond donors (Lipinski definition) is 2. The van der Waals surface area contributed by atoms with Crippen LogP contribution in [0.25, 0.3) is 0 Å². The molecule has 0 heterocycles. The van der Waals surface area contributed by atoms with Crippen LogP contribution >= 0.6 is 0 Å². The van der Waals surface area contributed by atoms with Gasteiger partial charge in [0.25, 0.3) is 0 Å². The average molecular weight is 279 g/mol. The summed E-state index contributed by atoms with van der Waals surface area (Å²) >= 11 is 0. The Hall–Kier alpha value is -2.04. The summed E-state index contributed by atoms with van der Waals surface area (Å²) in [6, 6.07) is 9.00. The van der Waals surface area contributed by atoms with E-state index < -0.39 is 18.0 Å². The summed E-state index contributed by atoms with van der Waals surface area (Å²) in [6.07, 6.45) is 1.63. The monoisotopic (exact) mass is 279 g/mol. The number of rotatable bonds is 8. The van der Waals surface area contributed by atoms with Gasteiger partial charge in [-0.05, 0) is 18.4 Å². The first kappa shape index (κ1) is 16.0. The van der Waals surface area contributed by atoms with Crippen molar-refractivity contribution >= 4 is 12.1 Å². The van der Waals surface area contributed by atoms with Crippen molar-refractivity contribution in [2.75, 3.05) is 13.2 Å². The van der Waals surface area contributed by atoms with Crippen LogP contribution in [0.3, 0.4) is 0 Å². The van der Waals surface area contributed by atoms with Crippen LogP contribution < -0.4 is 5.32 Å². The van der Waals surface area contributed by atoms with E-state index in [0.717, 1.165) is 18.4 Å². The van der Waals surface area contributed by atoms with Gasteiger partial charge in [-0.2, -0.15) is 0 Å². The lowest BCUT2D eigenvalue weighted by Crippen LogP contribution is -2.28. The zero-order valence-corrected chi connectivity index (χ0v) is 11.7. The number of carboxylic acid groups (broad SMARTS) is 1. The van der Waals surface area contributed by atoms with Crippen LogP contribution in [-0.4, -0.2) is 30.3 Å². The van der Waals surface area contributed by atoms with Crippen LogP contribution in [0.1, 0.15) is 37.7 Å². The lowest BCUT2D eigenvalue weighted by molar-refractivity contribution is -0.138. The Bertz CT molecular complexity index is 419. The number of nitrogens with one attached hydrogen (secondary N) is 1. The molecule has 1 unspecified atom stereocenters. The maximum Gasteiger partial charge on any atom is 0.407 e. The third kappa shape index (κ3) is 5.73. The van der Waals surface area contributed by atoms with Gasteiger partial charge in [0.1, 0.15) is 0 Å². The van der Waals surface area contributed by atoms with Crippen molar-refractivity contribution in [1.82, 2.24) is 5.32 Å². The van der Waals surface area contributed by atoms with Gasteiger partial charge in [0.05, 0.1) is 12.5 Å². The van der Waals surface area contributed by atoms with Crippen LogP contribution in [-0.2, 0) is 9.53 Å². The number of unbranched alkanes of at least 4 members (excludes halogenated alkanes) is 1. The summed E-state index contributed by atoms with van der Waals surface area (Å²) in [4.78, 5) is 22.6. The second-order valence-electron chi connectivity index (χ2n) is 4.51. The van der Waals surface area contributed by atoms with Gasteiger partial charge in [0.2, 0.25) is 0 Å². The van der Waals surface area contributed by atoms with Gasteiger partial charge in [-0.15, -0.1) is 0 Å². The Morgan fingerprint density at radius 3 is 2.60 bits per heavy atom. The Balaban J connectivity index is 2.37. The highest BCUT2D eigenvalue weighted by atomic mass is 16.5. The van der Waals surface area contributed by atoms with Crippen molar-refractivity contribution < 1.29 is 19.4 Å². The number of alkyl carbamates (subject to hydrolysis) is 1. The van der Waals surface area contributed by atoms with E-state index in [4.69, 9.17) is 4.74 Å². The predicted molar refractivity (Wildman–Crippen MR) is 75.7 cm³/mol. The zero-order chi connectivity index (χ0) is 14.8. The molecule has 20 heavy (non-hydrogen) atoms. The summed E-state index contributed by atoms with van der Waals surface area (Å²) in [7, 11) is 0. The third-order valence-corrected chi connectivity index (χ3v) is 2.93. The molecule has 0 radical (unpaired) electrons. The molecule has 0 spiro atoms. The summed E-state index contributed by atoms with van der Waals surface area (Å²) in [5.74, 6) is -1.51. The molecule has 0 saturated heterocycles. The predicted octanol–water partition coefficient (Wildman–Crippen LogP) is 2.77. The molecular weight excluding hydrogens is 258 g/mol. The van der Waals surface area contributed by atoms with E-state index in [1.54, 1.807) is 24.3 Å². The van der Waals surface area contributed by atoms with Crippen molar-refractivity contribution in [2.24, 2.45) is 0 Å². The molecule has 0 aromatic heterocycles. The molecule has 0 aliphatic rings. The molecule has 1 aromatic rings. The van der Waals surface area contributed by atoms with Crippen molar-refractivity contribution in [3.63, 3.8) is 0 Å². The van der Waals surface area contributed by atoms with Gasteiger partial charge in [-0.1, -0.05) is 43.7 Å². The van der Waals surface area contributed by atoms with E-state index >= 15 is 0 Å². The lowest BCUT2D eigenvalue weighted by Gasteiger charge is -2.13. The Morgan fingerprint density at radius 2 is 2.00 bits per heavy atom. The molecule has 5 nitrogen and oxygen atoms in total. The van der Waals surface area contributed by atoms with Crippen molar-refractivity contribution in [3.05, 3.63) is 35.9 Å². The Labute approximate surface area is 118 Å². The topological polar surface area (TPSA) is 75.6 Å². The van der Waals surface area contributed by atoms with E-state index in [9.17, 15) is 14.7 Å². The number of aliphatic carboxylic acids is 1. The van der Waals surface area contributed by atoms with Crippen LogP contribution in [0.2, 0.25) is 0 Å². The molecule has 1 rings (SSSR count). The first-order valence-corrected chi connectivity index (χ1v) is 6.83. The van der Waals surface area contributed by atoms with Gasteiger partial charge in [0.15, 0.2) is 0 Å². The number of carbonyl (C=O) groups is 2. The quantitative estimate of drug-likeness (QED) is 0.717. The highest BCUT2D eigenvalue weighted by Gasteiger charge is 2.19. The normalized spacial score (nSPS) is 11.7. The molecule has 5 heteroatoms. The van der Waals surface area contributed by atoms with Gasteiger partial charge >= 0.3 is 12.1 Å². The molecule has 0 saturated carbocycles. The highest BCUT2D eigenvalue weighted by molar-refractivity contribution is 5.76. The number of carboxylic acids is 1. The van der Waals surface area contributed by atoms with Crippen LogP contribution in [0.5, 0.6) is 0 Å². The minimum absolute atomic E-state index is 0.275. The number of amides is 1. The number of hydrogen-bond acceptors (Lipinski definition) is 3. The smallest absolute Gasteiger partial charge is 0.407 e. The number of carbonyl (C=O) groups excluding carboxylic acids is 1. The molecule has 0 aliphatic carbocycles. The molecule has 2 N–H and O–H groups in total. The fourth-order valence-electron chi connectivity index (χ4n) is 1.80. The van der Waals surface area contributed by atoms with E-state index in [2.05, 4.69) is 5.32 Å². The van der Waals surface area contributed by atoms with Gasteiger partial charge < -0.3 is 15.2 Å². The Kier molecular flexibility index (Phi) is 7.17. The second kappa shape index (κ2) is 8.96. The fourth-order valence-corrected chi connectivity index (χ4v) is 1.80. The molecule has 0 bridgehead atoms. The molecule has 110 valence electrons. The van der Waals surface area contributed by atoms with E-state index in [-0.39, 0.29) is 6.54 Å². The average Bonchev–Trinajstić information content (AvgIpc) is 2.44. The summed E-state index contributed by atoms with van der Waals surface area (Å²) in [5, 5.41) is 11.8. The van der Waals surface area contributed by atoms with Crippen molar-refractivity contribution in [1.29, 1.82) is 0 Å². The fraction of sp³-hybridized carbons (Fsp3) is 0.467. The maximum absolute atomic E-state index is 11.3. The number of benzene rings is 1. The largest absolute Gasteiger partial charge is 0.481 e. The van der Waals surface area contributed by atoms with Crippen LogP contribution in [0, 0.1) is 0 Å². The van der Waals surface area contributed by atoms with E-state index in [0.29, 0.717) is 13.0 Å². The molecule has 1 atom stereocenters. The number of ether oxygens (including phenoxy) is 1. The lowest BCUT2D eigenvalue weighted by atomic mass is 9.96. The van der Waals surface area contributed by atoms with Crippen molar-refractivity contribution in [3.8, 4) is 0 Å². The minimum atomic E-state index is -0.891. The minimum Gasteiger partial charge on any atom is -0.481 e. The maximum atomic E-state index is 11.3. The van der Waals surface area contributed by atoms with Crippen LogP contribution in [0.4, 0.5) is 4.79 Å². The van der Waals surface area contributed by atoms with Crippen LogP contribution in [0.15, 0.2) is 30.3 Å².